The molecule has 2 aromatic heterocycles. The van der Waals surface area contributed by atoms with Crippen molar-refractivity contribution in [3.63, 3.8) is 0 Å². The minimum atomic E-state index is 1.02. The van der Waals surface area contributed by atoms with Crippen molar-refractivity contribution in [2.75, 3.05) is 13.6 Å². The number of likely N-dealkylation sites (N-methyl/N-ethyl adjacent to an activating group) is 1. The van der Waals surface area contributed by atoms with Crippen LogP contribution in [0.4, 0.5) is 0 Å². The molecule has 3 rings (SSSR count). The van der Waals surface area contributed by atoms with Crippen molar-refractivity contribution >= 4 is 11.0 Å². The van der Waals surface area contributed by atoms with Crippen molar-refractivity contribution in [1.82, 2.24) is 14.9 Å². The van der Waals surface area contributed by atoms with Gasteiger partial charge < -0.3 is 9.88 Å². The molecule has 0 amide bonds. The predicted octanol–water partition coefficient (Wildman–Crippen LogP) is 1.86. The summed E-state index contributed by atoms with van der Waals surface area (Å²) in [7, 11) is 2.16. The second-order valence-electron chi connectivity index (χ2n) is 4.42. The smallest absolute Gasteiger partial charge is 0.138 e. The van der Waals surface area contributed by atoms with Crippen LogP contribution in [0, 0.1) is 6.92 Å². The Kier molecular flexibility index (Phi) is 1.83. The van der Waals surface area contributed by atoms with Gasteiger partial charge in [0.1, 0.15) is 5.65 Å². The van der Waals surface area contributed by atoms with E-state index in [9.17, 15) is 0 Å². The molecule has 0 radical (unpaired) electrons. The summed E-state index contributed by atoms with van der Waals surface area (Å²) in [4.78, 5) is 10.3. The Bertz CT molecular complexity index is 513. The lowest BCUT2D eigenvalue weighted by atomic mass is 10.0. The normalized spacial score (nSPS) is 16.9. The summed E-state index contributed by atoms with van der Waals surface area (Å²) in [6.45, 7) is 4.20. The fourth-order valence-corrected chi connectivity index (χ4v) is 2.35. The zero-order valence-electron chi connectivity index (χ0n) is 9.17. The highest BCUT2D eigenvalue weighted by Gasteiger charge is 2.18. The average molecular weight is 201 g/mol. The van der Waals surface area contributed by atoms with Gasteiger partial charge in [0.2, 0.25) is 0 Å². The first kappa shape index (κ1) is 8.92. The summed E-state index contributed by atoms with van der Waals surface area (Å²) in [6, 6.07) is 4.28. The molecule has 1 aliphatic rings. The largest absolute Gasteiger partial charge is 0.342 e. The van der Waals surface area contributed by atoms with Gasteiger partial charge in [-0.05, 0) is 38.1 Å². The van der Waals surface area contributed by atoms with E-state index in [0.717, 1.165) is 30.9 Å². The molecular formula is C12H15N3. The van der Waals surface area contributed by atoms with Crippen molar-refractivity contribution < 1.29 is 0 Å². The summed E-state index contributed by atoms with van der Waals surface area (Å²) in [5, 5.41) is 1.31. The molecule has 3 heterocycles. The third-order valence-corrected chi connectivity index (χ3v) is 3.16. The quantitative estimate of drug-likeness (QED) is 0.705. The van der Waals surface area contributed by atoms with Gasteiger partial charge in [0.25, 0.3) is 0 Å². The van der Waals surface area contributed by atoms with Gasteiger partial charge in [0.15, 0.2) is 0 Å². The molecule has 0 bridgehead atoms. The molecule has 0 fully saturated rings. The molecule has 78 valence electrons. The molecule has 0 unspecified atom stereocenters. The fraction of sp³-hybridized carbons (Fsp3) is 0.417. The van der Waals surface area contributed by atoms with Crippen LogP contribution in [-0.4, -0.2) is 28.5 Å². The first-order valence-corrected chi connectivity index (χ1v) is 5.39. The van der Waals surface area contributed by atoms with Crippen LogP contribution >= 0.6 is 0 Å². The van der Waals surface area contributed by atoms with E-state index in [1.807, 2.05) is 6.92 Å². The van der Waals surface area contributed by atoms with Crippen LogP contribution in [0.2, 0.25) is 0 Å². The third kappa shape index (κ3) is 1.35. The van der Waals surface area contributed by atoms with Crippen molar-refractivity contribution in [2.45, 2.75) is 19.9 Å². The number of hydrogen-bond donors (Lipinski definition) is 1. The van der Waals surface area contributed by atoms with E-state index in [2.05, 4.69) is 34.0 Å². The van der Waals surface area contributed by atoms with Gasteiger partial charge in [0, 0.05) is 29.9 Å². The molecule has 0 saturated carbocycles. The Morgan fingerprint density at radius 1 is 1.40 bits per heavy atom. The maximum Gasteiger partial charge on any atom is 0.138 e. The summed E-state index contributed by atoms with van der Waals surface area (Å²) in [6.07, 6.45) is 1.14. The lowest BCUT2D eigenvalue weighted by molar-refractivity contribution is 0.310. The Morgan fingerprint density at radius 3 is 3.13 bits per heavy atom. The summed E-state index contributed by atoms with van der Waals surface area (Å²) in [5.41, 5.74) is 4.94. The van der Waals surface area contributed by atoms with Gasteiger partial charge >= 0.3 is 0 Å². The Balaban J connectivity index is 2.23. The number of hydrogen-bond acceptors (Lipinski definition) is 2. The second-order valence-corrected chi connectivity index (χ2v) is 4.42. The number of rotatable bonds is 0. The van der Waals surface area contributed by atoms with Crippen molar-refractivity contribution in [2.24, 2.45) is 0 Å². The highest BCUT2D eigenvalue weighted by Crippen LogP contribution is 2.25. The average Bonchev–Trinajstić information content (AvgIpc) is 2.53. The van der Waals surface area contributed by atoms with Gasteiger partial charge in [-0.2, -0.15) is 0 Å². The van der Waals surface area contributed by atoms with Gasteiger partial charge in [-0.3, -0.25) is 0 Å². The van der Waals surface area contributed by atoms with E-state index >= 15 is 0 Å². The summed E-state index contributed by atoms with van der Waals surface area (Å²) < 4.78 is 0. The Morgan fingerprint density at radius 2 is 2.27 bits per heavy atom. The predicted molar refractivity (Wildman–Crippen MR) is 60.9 cm³/mol. The zero-order valence-corrected chi connectivity index (χ0v) is 9.17. The van der Waals surface area contributed by atoms with E-state index in [-0.39, 0.29) is 0 Å². The molecule has 3 nitrogen and oxygen atoms in total. The molecule has 0 spiro atoms. The number of aromatic amines is 1. The van der Waals surface area contributed by atoms with E-state index < -0.39 is 0 Å². The molecule has 15 heavy (non-hydrogen) atoms. The third-order valence-electron chi connectivity index (χ3n) is 3.16. The number of nitrogens with one attached hydrogen (secondary N) is 1. The topological polar surface area (TPSA) is 31.9 Å². The van der Waals surface area contributed by atoms with Crippen LogP contribution in [0.15, 0.2) is 12.1 Å². The minimum Gasteiger partial charge on any atom is -0.342 e. The van der Waals surface area contributed by atoms with Gasteiger partial charge in [-0.1, -0.05) is 0 Å². The molecule has 1 N–H and O–H groups in total. The summed E-state index contributed by atoms with van der Waals surface area (Å²) >= 11 is 0. The summed E-state index contributed by atoms with van der Waals surface area (Å²) in [5.74, 6) is 0. The molecule has 0 aromatic carbocycles. The standard InChI is InChI=1S/C12H15N3/c1-8-3-4-10-9-5-6-15(2)7-11(9)14-12(10)13-8/h3-4H,5-7H2,1-2H3,(H,13,14). The molecule has 0 saturated heterocycles. The number of aryl methyl sites for hydroxylation is 1. The van der Waals surface area contributed by atoms with Crippen molar-refractivity contribution in [3.05, 3.63) is 29.1 Å². The molecule has 3 heteroatoms. The van der Waals surface area contributed by atoms with Gasteiger partial charge in [-0.15, -0.1) is 0 Å². The number of nitrogens with zero attached hydrogens (tertiary/aromatic N) is 2. The van der Waals surface area contributed by atoms with Crippen LogP contribution < -0.4 is 0 Å². The minimum absolute atomic E-state index is 1.02. The first-order chi connectivity index (χ1) is 7.24. The van der Waals surface area contributed by atoms with Crippen LogP contribution in [0.25, 0.3) is 11.0 Å². The van der Waals surface area contributed by atoms with Crippen LogP contribution in [0.3, 0.4) is 0 Å². The van der Waals surface area contributed by atoms with E-state index in [1.165, 1.54) is 16.6 Å². The number of fused-ring (bicyclic) bond motifs is 3. The molecule has 1 aliphatic heterocycles. The number of pyridine rings is 1. The lowest BCUT2D eigenvalue weighted by Crippen LogP contribution is -2.26. The maximum atomic E-state index is 4.53. The highest BCUT2D eigenvalue weighted by atomic mass is 15.1. The zero-order chi connectivity index (χ0) is 10.4. The lowest BCUT2D eigenvalue weighted by Gasteiger charge is -2.21. The van der Waals surface area contributed by atoms with Crippen molar-refractivity contribution in [1.29, 1.82) is 0 Å². The molecule has 2 aromatic rings. The monoisotopic (exact) mass is 201 g/mol. The number of H-pyrrole nitrogens is 1. The molecule has 0 atom stereocenters. The van der Waals surface area contributed by atoms with Crippen LogP contribution in [0.1, 0.15) is 17.0 Å². The first-order valence-electron chi connectivity index (χ1n) is 5.39. The number of aromatic nitrogens is 2. The second kappa shape index (κ2) is 3.07. The fourth-order valence-electron chi connectivity index (χ4n) is 2.35. The molecule has 0 aliphatic carbocycles. The Labute approximate surface area is 89.1 Å². The van der Waals surface area contributed by atoms with Crippen LogP contribution in [0.5, 0.6) is 0 Å². The molecular weight excluding hydrogens is 186 g/mol. The van der Waals surface area contributed by atoms with E-state index in [1.54, 1.807) is 0 Å². The van der Waals surface area contributed by atoms with E-state index in [0.29, 0.717) is 0 Å². The maximum absolute atomic E-state index is 4.53. The highest BCUT2D eigenvalue weighted by molar-refractivity contribution is 5.81. The van der Waals surface area contributed by atoms with Gasteiger partial charge in [0.05, 0.1) is 0 Å². The van der Waals surface area contributed by atoms with Gasteiger partial charge in [-0.25, -0.2) is 4.98 Å². The van der Waals surface area contributed by atoms with E-state index in [4.69, 9.17) is 0 Å². The Hall–Kier alpha value is -1.35. The SMILES string of the molecule is Cc1ccc2c3c([nH]c2n1)CN(C)CC3. The van der Waals surface area contributed by atoms with Crippen molar-refractivity contribution in [3.8, 4) is 0 Å². The van der Waals surface area contributed by atoms with Crippen LogP contribution in [-0.2, 0) is 13.0 Å².